The molecular formula is C53H91N3O16P2. The van der Waals surface area contributed by atoms with Crippen LogP contribution in [-0.2, 0) is 46.3 Å². The second kappa shape index (κ2) is 40.0. The Bertz CT molecular complexity index is 1960. The number of nitrogens with two attached hydrogens (primary N) is 1. The molecule has 0 radical (unpaired) electrons. The molecule has 0 amide bonds. The molecule has 0 aliphatic carbocycles. The van der Waals surface area contributed by atoms with Crippen LogP contribution < -0.4 is 11.4 Å². The van der Waals surface area contributed by atoms with Crippen molar-refractivity contribution in [1.82, 2.24) is 9.55 Å². The van der Waals surface area contributed by atoms with Crippen LogP contribution in [0.25, 0.3) is 0 Å². The van der Waals surface area contributed by atoms with Gasteiger partial charge in [-0.05, 0) is 56.9 Å². The first kappa shape index (κ1) is 66.8. The van der Waals surface area contributed by atoms with Crippen LogP contribution in [0.5, 0.6) is 0 Å². The Kier molecular flexibility index (Phi) is 36.1. The summed E-state index contributed by atoms with van der Waals surface area (Å²) < 4.78 is 56.8. The Morgan fingerprint density at radius 1 is 0.730 bits per heavy atom. The fraction of sp³-hybridized carbons (Fsp3) is 0.736. The first-order valence-electron chi connectivity index (χ1n) is 27.1. The van der Waals surface area contributed by atoms with Gasteiger partial charge >= 0.3 is 33.3 Å². The van der Waals surface area contributed by atoms with Crippen molar-refractivity contribution in [3.8, 4) is 0 Å². The van der Waals surface area contributed by atoms with Crippen molar-refractivity contribution in [2.45, 2.75) is 224 Å². The van der Waals surface area contributed by atoms with Crippen LogP contribution in [0, 0.1) is 5.92 Å². The normalized spacial score (nSPS) is 19.7. The van der Waals surface area contributed by atoms with E-state index in [0.717, 1.165) is 80.9 Å². The van der Waals surface area contributed by atoms with Gasteiger partial charge in [0.1, 0.15) is 30.7 Å². The Labute approximate surface area is 440 Å². The number of nitrogens with zero attached hydrogens (tertiary/aromatic N) is 2. The Hall–Kier alpha value is -3.32. The Morgan fingerprint density at radius 2 is 1.27 bits per heavy atom. The van der Waals surface area contributed by atoms with Gasteiger partial charge in [-0.1, -0.05) is 179 Å². The summed E-state index contributed by atoms with van der Waals surface area (Å²) in [7, 11) is -10.9. The number of rotatable bonds is 44. The maximum atomic E-state index is 12.9. The number of anilines is 1. The minimum Gasteiger partial charge on any atom is -0.462 e. The number of aliphatic hydroxyl groups is 3. The monoisotopic (exact) mass is 1090 g/mol. The molecule has 21 heteroatoms. The van der Waals surface area contributed by atoms with Crippen LogP contribution in [0.15, 0.2) is 65.7 Å². The maximum Gasteiger partial charge on any atom is 0.481 e. The summed E-state index contributed by atoms with van der Waals surface area (Å²) in [5, 5.41) is 30.8. The number of aliphatic hydroxyl groups excluding tert-OH is 3. The lowest BCUT2D eigenvalue weighted by Gasteiger charge is -2.21. The summed E-state index contributed by atoms with van der Waals surface area (Å²) in [6, 6.07) is 1.24. The van der Waals surface area contributed by atoms with E-state index in [9.17, 15) is 48.6 Å². The summed E-state index contributed by atoms with van der Waals surface area (Å²) in [4.78, 5) is 62.0. The van der Waals surface area contributed by atoms with Crippen molar-refractivity contribution < 1.29 is 71.4 Å². The second-order valence-electron chi connectivity index (χ2n) is 19.4. The predicted molar refractivity (Wildman–Crippen MR) is 285 cm³/mol. The van der Waals surface area contributed by atoms with Gasteiger partial charge in [-0.25, -0.2) is 13.9 Å². The molecule has 19 nitrogen and oxygen atoms in total. The van der Waals surface area contributed by atoms with E-state index in [1.54, 1.807) is 0 Å². The number of hydrogen-bond donors (Lipinski definition) is 6. The van der Waals surface area contributed by atoms with E-state index in [0.29, 0.717) is 19.3 Å². The minimum atomic E-state index is -5.44. The number of aromatic nitrogens is 2. The van der Waals surface area contributed by atoms with Crippen LogP contribution >= 0.6 is 15.6 Å². The van der Waals surface area contributed by atoms with Gasteiger partial charge < -0.3 is 45.1 Å². The van der Waals surface area contributed by atoms with Gasteiger partial charge in [0.25, 0.3) is 0 Å². The average Bonchev–Trinajstić information content (AvgIpc) is 3.62. The van der Waals surface area contributed by atoms with E-state index in [1.165, 1.54) is 76.7 Å². The van der Waals surface area contributed by atoms with Gasteiger partial charge in [-0.2, -0.15) is 9.29 Å². The molecule has 8 atom stereocenters. The SMILES string of the molecule is CCCC[C@H](O)/C=C\C/C=C\C/C=C\C/C=C\CCCC(=O)OC[C@H](COP(=O)(O)OP(=O)(O)OC[C@H]1O[C@@H](n2ccc(N)nc2=O)[C@H](O)[C@@H]1O)OC(=O)CCCCCCCCCCCCCCCCCC(C)C. The average molecular weight is 1090 g/mol. The molecule has 1 aliphatic rings. The number of phosphoric acid groups is 2. The highest BCUT2D eigenvalue weighted by atomic mass is 31.3. The molecule has 1 saturated heterocycles. The fourth-order valence-electron chi connectivity index (χ4n) is 7.92. The Balaban J connectivity index is 1.80. The molecule has 74 heavy (non-hydrogen) atoms. The molecule has 2 heterocycles. The van der Waals surface area contributed by atoms with Crippen LogP contribution in [0.1, 0.15) is 194 Å². The topological polar surface area (TPSA) is 286 Å². The van der Waals surface area contributed by atoms with Crippen molar-refractivity contribution >= 4 is 33.4 Å². The van der Waals surface area contributed by atoms with E-state index in [1.807, 2.05) is 30.4 Å². The standard InChI is InChI=1S/C53H91N3O16P2/c1-4-5-34-44(57)35-30-26-22-18-14-11-12-15-19-23-27-31-36-48(58)67-40-45(70-49(59)37-32-28-24-20-16-10-8-6-7-9-13-17-21-25-29-33-43(2)3)41-68-73(63,64)72-74(65,66)69-42-46-50(60)51(61)52(71-46)56-39-38-47(54)55-53(56)62/h11-12,18-19,22-23,30,35,38-39,43-46,50-52,57,60-61H,4-10,13-17,20-21,24-29,31-34,36-37,40-42H2,1-3H3,(H,63,64)(H,65,66)(H2,54,55,62)/b12-11-,22-18-,23-19-,35-30-/t44-,45+,46+,50+,51+,52+/m0/s1. The molecule has 1 fully saturated rings. The third-order valence-electron chi connectivity index (χ3n) is 12.2. The highest BCUT2D eigenvalue weighted by Crippen LogP contribution is 2.60. The number of nitrogen functional groups attached to an aromatic ring is 1. The molecule has 0 saturated carbocycles. The Morgan fingerprint density at radius 3 is 1.85 bits per heavy atom. The quantitative estimate of drug-likeness (QED) is 0.0153. The number of ether oxygens (including phenoxy) is 3. The highest BCUT2D eigenvalue weighted by molar-refractivity contribution is 7.61. The zero-order chi connectivity index (χ0) is 54.5. The molecule has 2 unspecified atom stereocenters. The first-order valence-corrected chi connectivity index (χ1v) is 30.1. The van der Waals surface area contributed by atoms with Crippen molar-refractivity contribution in [3.05, 3.63) is 71.4 Å². The van der Waals surface area contributed by atoms with Gasteiger partial charge in [0, 0.05) is 19.0 Å². The van der Waals surface area contributed by atoms with Crippen molar-refractivity contribution in [3.63, 3.8) is 0 Å². The van der Waals surface area contributed by atoms with E-state index in [4.69, 9.17) is 29.0 Å². The summed E-state index contributed by atoms with van der Waals surface area (Å²) in [5.74, 6) is -0.589. The third kappa shape index (κ3) is 33.0. The summed E-state index contributed by atoms with van der Waals surface area (Å²) in [6.45, 7) is 4.29. The summed E-state index contributed by atoms with van der Waals surface area (Å²) >= 11 is 0. The number of unbranched alkanes of at least 4 members (excludes halogenated alkanes) is 16. The molecule has 7 N–H and O–H groups in total. The van der Waals surface area contributed by atoms with Gasteiger partial charge in [0.15, 0.2) is 12.3 Å². The molecule has 1 aromatic heterocycles. The van der Waals surface area contributed by atoms with Crippen LogP contribution in [-0.4, -0.2) is 96.9 Å². The van der Waals surface area contributed by atoms with E-state index in [2.05, 4.69) is 48.3 Å². The lowest BCUT2D eigenvalue weighted by molar-refractivity contribution is -0.161. The molecule has 1 aromatic rings. The number of phosphoric ester groups is 2. The van der Waals surface area contributed by atoms with E-state index >= 15 is 0 Å². The lowest BCUT2D eigenvalue weighted by Crippen LogP contribution is -2.36. The molecule has 424 valence electrons. The zero-order valence-electron chi connectivity index (χ0n) is 44.4. The lowest BCUT2D eigenvalue weighted by atomic mass is 10.0. The zero-order valence-corrected chi connectivity index (χ0v) is 46.2. The van der Waals surface area contributed by atoms with E-state index in [-0.39, 0.29) is 24.8 Å². The predicted octanol–water partition coefficient (Wildman–Crippen LogP) is 10.6. The van der Waals surface area contributed by atoms with Gasteiger partial charge in [0.2, 0.25) is 0 Å². The molecule has 2 rings (SSSR count). The summed E-state index contributed by atoms with van der Waals surface area (Å²) in [5.41, 5.74) is 4.59. The molecular weight excluding hydrogens is 997 g/mol. The van der Waals surface area contributed by atoms with Crippen LogP contribution in [0.4, 0.5) is 5.82 Å². The second-order valence-corrected chi connectivity index (χ2v) is 22.4. The number of carbonyl (C=O) groups excluding carboxylic acids is 2. The van der Waals surface area contributed by atoms with Crippen molar-refractivity contribution in [1.29, 1.82) is 0 Å². The molecule has 1 aliphatic heterocycles. The number of allylic oxidation sites excluding steroid dienone is 7. The molecule has 0 spiro atoms. The highest BCUT2D eigenvalue weighted by Gasteiger charge is 2.46. The largest absolute Gasteiger partial charge is 0.481 e. The smallest absolute Gasteiger partial charge is 0.462 e. The van der Waals surface area contributed by atoms with Crippen LogP contribution in [0.3, 0.4) is 0 Å². The van der Waals surface area contributed by atoms with Crippen LogP contribution in [0.2, 0.25) is 0 Å². The number of hydrogen-bond acceptors (Lipinski definition) is 16. The summed E-state index contributed by atoms with van der Waals surface area (Å²) in [6.07, 6.45) is 33.9. The van der Waals surface area contributed by atoms with Gasteiger partial charge in [-0.15, -0.1) is 0 Å². The van der Waals surface area contributed by atoms with Gasteiger partial charge in [-0.3, -0.25) is 23.2 Å². The minimum absolute atomic E-state index is 0.0319. The van der Waals surface area contributed by atoms with Crippen molar-refractivity contribution in [2.24, 2.45) is 5.92 Å². The maximum absolute atomic E-state index is 12.9. The molecule has 0 aromatic carbocycles. The fourth-order valence-corrected chi connectivity index (χ4v) is 10.0. The first-order chi connectivity index (χ1) is 35.4. The van der Waals surface area contributed by atoms with Gasteiger partial charge in [0.05, 0.1) is 19.3 Å². The van der Waals surface area contributed by atoms with Crippen molar-refractivity contribution in [2.75, 3.05) is 25.6 Å². The third-order valence-corrected chi connectivity index (χ3v) is 14.8. The van der Waals surface area contributed by atoms with E-state index < -0.39 is 83.7 Å². The number of esters is 2. The molecule has 0 bridgehead atoms. The number of carbonyl (C=O) groups is 2.